The highest BCUT2D eigenvalue weighted by molar-refractivity contribution is 7.99. The SMILES string of the molecule is Cn1c(SCC(=O)c2c(-c3ccccc3)[nH]c3ccccc23)nnc1C(F)(F)F. The largest absolute Gasteiger partial charge is 0.451 e. The van der Waals surface area contributed by atoms with Gasteiger partial charge >= 0.3 is 6.18 Å². The first-order chi connectivity index (χ1) is 13.9. The number of hydrogen-bond donors (Lipinski definition) is 1. The Morgan fingerprint density at radius 2 is 1.76 bits per heavy atom. The van der Waals surface area contributed by atoms with Crippen LogP contribution in [0.1, 0.15) is 16.2 Å². The van der Waals surface area contributed by atoms with E-state index in [4.69, 9.17) is 0 Å². The molecule has 0 aliphatic rings. The Morgan fingerprint density at radius 1 is 1.07 bits per heavy atom. The lowest BCUT2D eigenvalue weighted by Crippen LogP contribution is -2.13. The zero-order valence-electron chi connectivity index (χ0n) is 15.2. The molecule has 0 amide bonds. The Balaban J connectivity index is 1.67. The maximum Gasteiger partial charge on any atom is 0.451 e. The number of rotatable bonds is 5. The maximum atomic E-state index is 13.1. The fourth-order valence-electron chi connectivity index (χ4n) is 3.14. The highest BCUT2D eigenvalue weighted by Gasteiger charge is 2.37. The fourth-order valence-corrected chi connectivity index (χ4v) is 3.93. The molecule has 0 radical (unpaired) electrons. The highest BCUT2D eigenvalue weighted by Crippen LogP contribution is 2.33. The van der Waals surface area contributed by atoms with Crippen LogP contribution in [0.4, 0.5) is 13.2 Å². The first kappa shape index (κ1) is 19.3. The van der Waals surface area contributed by atoms with Crippen LogP contribution in [0.5, 0.6) is 0 Å². The van der Waals surface area contributed by atoms with E-state index >= 15 is 0 Å². The van der Waals surface area contributed by atoms with Crippen LogP contribution in [0.3, 0.4) is 0 Å². The van der Waals surface area contributed by atoms with Crippen LogP contribution >= 0.6 is 11.8 Å². The minimum Gasteiger partial charge on any atom is -0.354 e. The number of aromatic amines is 1. The van der Waals surface area contributed by atoms with Crippen molar-refractivity contribution in [2.24, 2.45) is 7.05 Å². The van der Waals surface area contributed by atoms with E-state index in [1.54, 1.807) is 0 Å². The summed E-state index contributed by atoms with van der Waals surface area (Å²) in [4.78, 5) is 16.4. The lowest BCUT2D eigenvalue weighted by Gasteiger charge is -2.07. The topological polar surface area (TPSA) is 63.6 Å². The van der Waals surface area contributed by atoms with Crippen molar-refractivity contribution in [3.8, 4) is 11.3 Å². The minimum atomic E-state index is -4.60. The van der Waals surface area contributed by atoms with E-state index in [0.29, 0.717) is 11.3 Å². The van der Waals surface area contributed by atoms with E-state index < -0.39 is 12.0 Å². The van der Waals surface area contributed by atoms with Crippen LogP contribution in [-0.2, 0) is 13.2 Å². The number of nitrogens with one attached hydrogen (secondary N) is 1. The van der Waals surface area contributed by atoms with Gasteiger partial charge in [-0.25, -0.2) is 0 Å². The van der Waals surface area contributed by atoms with Gasteiger partial charge in [0.05, 0.1) is 17.0 Å². The normalized spacial score (nSPS) is 11.9. The van der Waals surface area contributed by atoms with Gasteiger partial charge in [-0.05, 0) is 11.6 Å². The summed E-state index contributed by atoms with van der Waals surface area (Å²) in [6, 6.07) is 16.9. The molecule has 5 nitrogen and oxygen atoms in total. The van der Waals surface area contributed by atoms with E-state index in [0.717, 1.165) is 32.8 Å². The number of halogens is 3. The summed E-state index contributed by atoms with van der Waals surface area (Å²) >= 11 is 0.929. The zero-order valence-corrected chi connectivity index (χ0v) is 16.0. The van der Waals surface area contributed by atoms with E-state index in [2.05, 4.69) is 15.2 Å². The maximum absolute atomic E-state index is 13.1. The second-order valence-electron chi connectivity index (χ2n) is 6.36. The average Bonchev–Trinajstić information content (AvgIpc) is 3.27. The van der Waals surface area contributed by atoms with Gasteiger partial charge in [-0.1, -0.05) is 60.3 Å². The molecule has 0 aliphatic carbocycles. The van der Waals surface area contributed by atoms with Crippen molar-refractivity contribution < 1.29 is 18.0 Å². The smallest absolute Gasteiger partial charge is 0.354 e. The van der Waals surface area contributed by atoms with Crippen LogP contribution in [0.15, 0.2) is 59.8 Å². The summed E-state index contributed by atoms with van der Waals surface area (Å²) in [6.45, 7) is 0. The van der Waals surface area contributed by atoms with Crippen molar-refractivity contribution >= 4 is 28.4 Å². The summed E-state index contributed by atoms with van der Waals surface area (Å²) < 4.78 is 39.5. The molecule has 9 heteroatoms. The molecule has 2 aromatic carbocycles. The molecule has 0 unspecified atom stereocenters. The molecule has 0 fully saturated rings. The van der Waals surface area contributed by atoms with Gasteiger partial charge in [0.25, 0.3) is 0 Å². The molecule has 2 heterocycles. The molecule has 0 atom stereocenters. The van der Waals surface area contributed by atoms with Crippen molar-refractivity contribution in [2.45, 2.75) is 11.3 Å². The van der Waals surface area contributed by atoms with E-state index in [1.165, 1.54) is 7.05 Å². The number of nitrogens with zero attached hydrogens (tertiary/aromatic N) is 3. The summed E-state index contributed by atoms with van der Waals surface area (Å²) in [5.74, 6) is -1.36. The van der Waals surface area contributed by atoms with Crippen molar-refractivity contribution in [2.75, 3.05) is 5.75 Å². The number of hydrogen-bond acceptors (Lipinski definition) is 4. The Hall–Kier alpha value is -3.07. The molecule has 0 saturated carbocycles. The summed E-state index contributed by atoms with van der Waals surface area (Å²) in [7, 11) is 1.23. The second-order valence-corrected chi connectivity index (χ2v) is 7.30. The third-order valence-electron chi connectivity index (χ3n) is 4.47. The van der Waals surface area contributed by atoms with Gasteiger partial charge in [0, 0.05) is 18.0 Å². The molecule has 4 rings (SSSR count). The van der Waals surface area contributed by atoms with Crippen LogP contribution in [0, 0.1) is 0 Å². The van der Waals surface area contributed by atoms with Gasteiger partial charge in [0.15, 0.2) is 10.9 Å². The van der Waals surface area contributed by atoms with Crippen molar-refractivity contribution in [3.63, 3.8) is 0 Å². The van der Waals surface area contributed by atoms with E-state index in [-0.39, 0.29) is 16.7 Å². The van der Waals surface area contributed by atoms with Gasteiger partial charge in [-0.15, -0.1) is 10.2 Å². The number of H-pyrrole nitrogens is 1. The van der Waals surface area contributed by atoms with Gasteiger partial charge in [0.1, 0.15) is 0 Å². The Morgan fingerprint density at radius 3 is 2.45 bits per heavy atom. The molecule has 0 spiro atoms. The van der Waals surface area contributed by atoms with Crippen LogP contribution in [-0.4, -0.2) is 31.3 Å². The van der Waals surface area contributed by atoms with Crippen LogP contribution in [0.2, 0.25) is 0 Å². The number of alkyl halides is 3. The number of benzene rings is 2. The molecule has 1 N–H and O–H groups in total. The predicted molar refractivity (Wildman–Crippen MR) is 105 cm³/mol. The first-order valence-corrected chi connectivity index (χ1v) is 9.63. The highest BCUT2D eigenvalue weighted by atomic mass is 32.2. The number of para-hydroxylation sites is 1. The Bertz CT molecular complexity index is 1180. The van der Waals surface area contributed by atoms with E-state index in [1.807, 2.05) is 54.6 Å². The summed E-state index contributed by atoms with van der Waals surface area (Å²) in [6.07, 6.45) is -4.60. The minimum absolute atomic E-state index is 0.0341. The molecular formula is C20H15F3N4OS. The summed E-state index contributed by atoms with van der Waals surface area (Å²) in [5.41, 5.74) is 2.87. The van der Waals surface area contributed by atoms with Crippen LogP contribution < -0.4 is 0 Å². The Labute approximate surface area is 168 Å². The molecular weight excluding hydrogens is 401 g/mol. The molecule has 148 valence electrons. The monoisotopic (exact) mass is 416 g/mol. The van der Waals surface area contributed by atoms with Gasteiger partial charge in [0.2, 0.25) is 5.82 Å². The standard InChI is InChI=1S/C20H15F3N4OS/c1-27-18(20(21,22)23)25-26-19(27)29-11-15(28)16-13-9-5-6-10-14(13)24-17(16)12-7-3-2-4-8-12/h2-10,24H,11H2,1H3. The van der Waals surface area contributed by atoms with Gasteiger partial charge in [-0.3, -0.25) is 4.79 Å². The molecule has 29 heavy (non-hydrogen) atoms. The zero-order chi connectivity index (χ0) is 20.6. The third kappa shape index (κ3) is 3.65. The number of aromatic nitrogens is 4. The molecule has 2 aromatic heterocycles. The average molecular weight is 416 g/mol. The number of thioether (sulfide) groups is 1. The second kappa shape index (κ2) is 7.40. The van der Waals surface area contributed by atoms with Crippen molar-refractivity contribution in [1.82, 2.24) is 19.7 Å². The molecule has 0 bridgehead atoms. The first-order valence-electron chi connectivity index (χ1n) is 8.65. The van der Waals surface area contributed by atoms with Crippen molar-refractivity contribution in [3.05, 3.63) is 66.0 Å². The molecule has 4 aromatic rings. The quantitative estimate of drug-likeness (QED) is 0.369. The number of carbonyl (C=O) groups excluding carboxylic acids is 1. The third-order valence-corrected chi connectivity index (χ3v) is 5.49. The molecule has 0 aliphatic heterocycles. The Kier molecular flexibility index (Phi) is 4.91. The van der Waals surface area contributed by atoms with Gasteiger partial charge in [-0.2, -0.15) is 13.2 Å². The fraction of sp³-hybridized carbons (Fsp3) is 0.150. The summed E-state index contributed by atoms with van der Waals surface area (Å²) in [5, 5.41) is 7.57. The predicted octanol–water partition coefficient (Wildman–Crippen LogP) is 4.96. The van der Waals surface area contributed by atoms with Crippen LogP contribution in [0.25, 0.3) is 22.2 Å². The van der Waals surface area contributed by atoms with E-state index in [9.17, 15) is 18.0 Å². The lowest BCUT2D eigenvalue weighted by molar-refractivity contribution is -0.147. The van der Waals surface area contributed by atoms with Gasteiger partial charge < -0.3 is 9.55 Å². The molecule has 0 saturated heterocycles. The van der Waals surface area contributed by atoms with Crippen molar-refractivity contribution in [1.29, 1.82) is 0 Å². The number of fused-ring (bicyclic) bond motifs is 1. The number of ketones is 1. The number of carbonyl (C=O) groups is 1. The lowest BCUT2D eigenvalue weighted by atomic mass is 10.0. The number of Topliss-reactive ketones (excluding diaryl/α,β-unsaturated/α-hetero) is 1.